The Morgan fingerprint density at radius 2 is 1.87 bits per heavy atom. The van der Waals surface area contributed by atoms with Crippen LogP contribution in [0, 0.1) is 0 Å². The third kappa shape index (κ3) is 4.07. The van der Waals surface area contributed by atoms with E-state index >= 15 is 0 Å². The topological polar surface area (TPSA) is 64.6 Å². The van der Waals surface area contributed by atoms with Crippen LogP contribution >= 0.6 is 12.0 Å². The van der Waals surface area contributed by atoms with E-state index in [-0.39, 0.29) is 23.9 Å². The predicted octanol–water partition coefficient (Wildman–Crippen LogP) is 4.48. The van der Waals surface area contributed by atoms with Crippen LogP contribution in [-0.4, -0.2) is 35.1 Å². The maximum absolute atomic E-state index is 12.5. The second-order valence-corrected chi connectivity index (χ2v) is 7.42. The molecule has 0 saturated heterocycles. The molecule has 1 N–H and O–H groups in total. The van der Waals surface area contributed by atoms with Crippen LogP contribution in [0.5, 0.6) is 5.75 Å². The third-order valence-electron chi connectivity index (χ3n) is 4.95. The van der Waals surface area contributed by atoms with Crippen LogP contribution in [-0.2, 0) is 4.74 Å². The molecule has 0 aromatic heterocycles. The summed E-state index contributed by atoms with van der Waals surface area (Å²) in [7, 11) is -1.04. The number of hydrogen-bond donors (Lipinski definition) is 1. The third-order valence-corrected chi connectivity index (χ3v) is 5.38. The van der Waals surface area contributed by atoms with Gasteiger partial charge in [0.05, 0.1) is 5.56 Å². The molecule has 0 bridgehead atoms. The van der Waals surface area contributed by atoms with Gasteiger partial charge in [-0.2, -0.15) is 0 Å². The van der Waals surface area contributed by atoms with Gasteiger partial charge in [0.2, 0.25) is 0 Å². The van der Waals surface area contributed by atoms with Crippen LogP contribution in [0.25, 0.3) is 11.1 Å². The second-order valence-electron chi connectivity index (χ2n) is 6.69. The monoisotopic (exact) mass is 420 g/mol. The molecular formula is C23H20BNO4S. The fraction of sp³-hybridized carbons (Fsp3) is 0.130. The van der Waals surface area contributed by atoms with Crippen LogP contribution in [0.2, 0.25) is 0 Å². The average molecular weight is 420 g/mol. The van der Waals surface area contributed by atoms with E-state index in [4.69, 9.17) is 11.6 Å². The number of ether oxygens (including phenoxy) is 1. The van der Waals surface area contributed by atoms with Crippen molar-refractivity contribution in [2.75, 3.05) is 17.6 Å². The summed E-state index contributed by atoms with van der Waals surface area (Å²) >= 11 is 0.908. The zero-order chi connectivity index (χ0) is 22.5. The minimum atomic E-state index is -1.04. The normalized spacial score (nSPS) is 12.8. The van der Waals surface area contributed by atoms with Gasteiger partial charge >= 0.3 is 6.09 Å². The first-order valence-corrected chi connectivity index (χ1v) is 10.3. The number of carbonyl (C=O) groups is 2. The molecule has 5 nitrogen and oxygen atoms in total. The van der Waals surface area contributed by atoms with Crippen molar-refractivity contribution in [3.63, 3.8) is 0 Å². The highest BCUT2D eigenvalue weighted by atomic mass is 32.2. The number of hydrogen-bond acceptors (Lipinski definition) is 5. The standard InChI is InChI=1S/C23H20BNO4S/c24-14-30-29-22-11-16(10-9-15(22)12-26)25-23(27)28-13-21-19-7-3-1-5-17(19)18-6-2-4-8-20(18)21/h1-12,21H,13-14,24H2,(H,25,27)/i24TD. The Labute approximate surface area is 183 Å². The highest BCUT2D eigenvalue weighted by Crippen LogP contribution is 2.44. The van der Waals surface area contributed by atoms with Crippen molar-refractivity contribution in [1.82, 2.24) is 0 Å². The van der Waals surface area contributed by atoms with Crippen molar-refractivity contribution < 1.29 is 18.5 Å². The first kappa shape index (κ1) is 17.7. The summed E-state index contributed by atoms with van der Waals surface area (Å²) in [5, 5.41) is 2.66. The van der Waals surface area contributed by atoms with Gasteiger partial charge in [-0.15, -0.1) is 0 Å². The summed E-state index contributed by atoms with van der Waals surface area (Å²) in [4.78, 5) is 23.7. The summed E-state index contributed by atoms with van der Waals surface area (Å²) < 4.78 is 25.4. The molecule has 150 valence electrons. The highest BCUT2D eigenvalue weighted by Gasteiger charge is 2.29. The quantitative estimate of drug-likeness (QED) is 0.331. The van der Waals surface area contributed by atoms with Crippen LogP contribution < -0.4 is 9.50 Å². The Hall–Kier alpha value is -3.19. The van der Waals surface area contributed by atoms with Gasteiger partial charge in [-0.05, 0) is 37.1 Å². The van der Waals surface area contributed by atoms with Gasteiger partial charge in [-0.1, -0.05) is 48.5 Å². The van der Waals surface area contributed by atoms with Gasteiger partial charge in [-0.25, -0.2) is 4.79 Å². The number of nitrogens with one attached hydrogen (secondary N) is 1. The summed E-state index contributed by atoms with van der Waals surface area (Å²) in [6.07, 6.45) is 0.0352. The van der Waals surface area contributed by atoms with Crippen molar-refractivity contribution >= 4 is 37.9 Å². The smallest absolute Gasteiger partial charge is 0.411 e. The lowest BCUT2D eigenvalue weighted by atomic mass is 9.98. The van der Waals surface area contributed by atoms with Crippen molar-refractivity contribution in [3.8, 4) is 16.9 Å². The van der Waals surface area contributed by atoms with E-state index in [1.807, 2.05) is 24.3 Å². The maximum atomic E-state index is 12.5. The molecule has 3 aromatic carbocycles. The van der Waals surface area contributed by atoms with E-state index in [1.165, 1.54) is 12.1 Å². The first-order valence-electron chi connectivity index (χ1n) is 10.6. The second kappa shape index (κ2) is 9.09. The minimum absolute atomic E-state index is 0.0384. The number of rotatable bonds is 8. The van der Waals surface area contributed by atoms with Crippen LogP contribution in [0.15, 0.2) is 66.7 Å². The van der Waals surface area contributed by atoms with Crippen molar-refractivity contribution in [1.29, 1.82) is 2.67 Å². The van der Waals surface area contributed by atoms with Gasteiger partial charge in [0.15, 0.2) is 6.29 Å². The summed E-state index contributed by atoms with van der Waals surface area (Å²) in [5.74, 6) is 0.214. The molecule has 30 heavy (non-hydrogen) atoms. The van der Waals surface area contributed by atoms with Gasteiger partial charge in [-0.3, -0.25) is 10.1 Å². The number of carbonyl (C=O) groups excluding carboxylic acids is 2. The number of benzene rings is 3. The lowest BCUT2D eigenvalue weighted by Gasteiger charge is -2.15. The van der Waals surface area contributed by atoms with Crippen LogP contribution in [0.4, 0.5) is 10.5 Å². The molecule has 0 unspecified atom stereocenters. The fourth-order valence-electron chi connectivity index (χ4n) is 3.63. The molecule has 7 heteroatoms. The number of aldehydes is 1. The molecule has 1 aliphatic rings. The molecule has 0 radical (unpaired) electrons. The van der Waals surface area contributed by atoms with Crippen molar-refractivity contribution in [2.24, 2.45) is 0 Å². The van der Waals surface area contributed by atoms with E-state index in [2.05, 4.69) is 29.6 Å². The van der Waals surface area contributed by atoms with E-state index in [1.54, 1.807) is 6.07 Å². The van der Waals surface area contributed by atoms with E-state index in [0.717, 1.165) is 34.3 Å². The first-order chi connectivity index (χ1) is 15.6. The van der Waals surface area contributed by atoms with E-state index < -0.39 is 13.9 Å². The van der Waals surface area contributed by atoms with Crippen molar-refractivity contribution in [2.45, 2.75) is 5.92 Å². The molecule has 0 fully saturated rings. The molecule has 0 atom stereocenters. The zero-order valence-corrected chi connectivity index (χ0v) is 16.9. The summed E-state index contributed by atoms with van der Waals surface area (Å²) in [5.41, 5.74) is 5.42. The summed E-state index contributed by atoms with van der Waals surface area (Å²) in [6.45, 7) is 0.194. The Balaban J connectivity index is 1.42. The predicted molar refractivity (Wildman–Crippen MR) is 122 cm³/mol. The molecule has 3 aromatic rings. The number of anilines is 1. The van der Waals surface area contributed by atoms with Crippen LogP contribution in [0.1, 0.15) is 27.4 Å². The highest BCUT2D eigenvalue weighted by molar-refractivity contribution is 7.96. The van der Waals surface area contributed by atoms with E-state index in [0.29, 0.717) is 17.5 Å². The zero-order valence-electron chi connectivity index (χ0n) is 18.0. The van der Waals surface area contributed by atoms with Crippen LogP contribution in [0.3, 0.4) is 0 Å². The largest absolute Gasteiger partial charge is 0.448 e. The molecule has 0 saturated carbocycles. The van der Waals surface area contributed by atoms with Gasteiger partial charge < -0.3 is 8.92 Å². The lowest BCUT2D eigenvalue weighted by Crippen LogP contribution is -2.18. The van der Waals surface area contributed by atoms with Crippen molar-refractivity contribution in [3.05, 3.63) is 83.4 Å². The molecule has 1 amide bonds. The fourth-order valence-corrected chi connectivity index (χ4v) is 3.97. The Morgan fingerprint density at radius 3 is 2.53 bits per heavy atom. The summed E-state index contributed by atoms with van der Waals surface area (Å²) in [6, 6.07) is 20.9. The number of amides is 1. The van der Waals surface area contributed by atoms with Gasteiger partial charge in [0, 0.05) is 35.4 Å². The number of fused-ring (bicyclic) bond motifs is 3. The molecular weight excluding hydrogens is 397 g/mol. The Kier molecular flexibility index (Phi) is 5.35. The Bertz CT molecular complexity index is 1100. The van der Waals surface area contributed by atoms with E-state index in [9.17, 15) is 9.59 Å². The SMILES string of the molecule is [2H]B([3H])CSOc1cc(NC(=O)OCC2c3ccccc3-c3ccccc32)ccc1C=O. The average Bonchev–Trinajstić information content (AvgIpc) is 3.11. The minimum Gasteiger partial charge on any atom is -0.448 e. The molecule has 1 aliphatic carbocycles. The molecule has 0 spiro atoms. The Morgan fingerprint density at radius 1 is 1.17 bits per heavy atom. The maximum Gasteiger partial charge on any atom is 0.411 e. The molecule has 0 heterocycles. The van der Waals surface area contributed by atoms with Gasteiger partial charge in [0.25, 0.3) is 0 Å². The lowest BCUT2D eigenvalue weighted by molar-refractivity contribution is 0.112. The molecule has 0 aliphatic heterocycles. The van der Waals surface area contributed by atoms with Gasteiger partial charge in [0.1, 0.15) is 20.1 Å². The molecule has 4 rings (SSSR count).